The highest BCUT2D eigenvalue weighted by Crippen LogP contribution is 2.51. The molecule has 0 saturated carbocycles. The average molecular weight is 531 g/mol. The van der Waals surface area contributed by atoms with E-state index in [1.54, 1.807) is 25.3 Å². The van der Waals surface area contributed by atoms with E-state index in [1.807, 2.05) is 12.1 Å². The number of hydrogen-bond acceptors (Lipinski definition) is 7. The largest absolute Gasteiger partial charge is 0.493 e. The maximum Gasteiger partial charge on any atom is 0.269 e. The minimum atomic E-state index is -0.457. The number of methoxy groups -OCH3 is 1. The molecule has 1 aliphatic heterocycles. The number of nitro benzene ring substituents is 1. The first kappa shape index (κ1) is 26.7. The van der Waals surface area contributed by atoms with E-state index in [0.29, 0.717) is 35.5 Å². The lowest BCUT2D eigenvalue weighted by Crippen LogP contribution is -2.42. The Morgan fingerprint density at radius 3 is 1.95 bits per heavy atom. The summed E-state index contributed by atoms with van der Waals surface area (Å²) in [7, 11) is 1.55. The second-order valence-corrected chi connectivity index (χ2v) is 12.3. The van der Waals surface area contributed by atoms with Gasteiger partial charge in [0, 0.05) is 53.4 Å². The molecule has 0 unspecified atom stereocenters. The van der Waals surface area contributed by atoms with Gasteiger partial charge in [-0.05, 0) is 59.1 Å². The fourth-order valence-corrected chi connectivity index (χ4v) is 6.08. The minimum absolute atomic E-state index is 0.0197. The number of non-ortho nitro benzene ring substituents is 1. The van der Waals surface area contributed by atoms with Gasteiger partial charge in [0.05, 0.1) is 12.0 Å². The number of rotatable bonds is 6. The monoisotopic (exact) mass is 530 g/mol. The number of Topliss-reactive ketones (excluding diaryl/α,β-unsaturated/α-hetero) is 2. The van der Waals surface area contributed by atoms with Gasteiger partial charge in [0.1, 0.15) is 6.61 Å². The van der Waals surface area contributed by atoms with Crippen molar-refractivity contribution >= 4 is 17.3 Å². The third-order valence-corrected chi connectivity index (χ3v) is 7.78. The van der Waals surface area contributed by atoms with Crippen LogP contribution >= 0.6 is 0 Å². The van der Waals surface area contributed by atoms with Crippen molar-refractivity contribution in [2.24, 2.45) is 10.8 Å². The number of ketones is 2. The molecule has 2 aromatic rings. The Balaban J connectivity index is 1.51. The number of nitrogens with one attached hydrogen (secondary N) is 1. The Bertz CT molecular complexity index is 1380. The van der Waals surface area contributed by atoms with Crippen LogP contribution in [0.5, 0.6) is 11.5 Å². The molecule has 39 heavy (non-hydrogen) atoms. The van der Waals surface area contributed by atoms with Crippen molar-refractivity contribution in [3.8, 4) is 11.5 Å². The van der Waals surface area contributed by atoms with Crippen LogP contribution in [0.3, 0.4) is 0 Å². The van der Waals surface area contributed by atoms with Crippen LogP contribution in [-0.4, -0.2) is 23.6 Å². The van der Waals surface area contributed by atoms with Gasteiger partial charge in [-0.1, -0.05) is 33.8 Å². The highest BCUT2D eigenvalue weighted by atomic mass is 16.6. The fourth-order valence-electron chi connectivity index (χ4n) is 6.08. The summed E-state index contributed by atoms with van der Waals surface area (Å²) in [6, 6.07) is 11.8. The van der Waals surface area contributed by atoms with E-state index in [1.165, 1.54) is 12.1 Å². The second-order valence-electron chi connectivity index (χ2n) is 12.3. The minimum Gasteiger partial charge on any atom is -0.493 e. The van der Waals surface area contributed by atoms with Crippen molar-refractivity contribution in [1.29, 1.82) is 0 Å². The first-order valence-electron chi connectivity index (χ1n) is 13.2. The van der Waals surface area contributed by atoms with Crippen molar-refractivity contribution in [3.05, 3.63) is 86.2 Å². The molecule has 0 aromatic heterocycles. The number of ether oxygens (including phenoxy) is 2. The lowest BCUT2D eigenvalue weighted by atomic mass is 9.64. The van der Waals surface area contributed by atoms with Crippen molar-refractivity contribution in [2.45, 2.75) is 65.9 Å². The molecule has 3 aliphatic rings. The topological polar surface area (TPSA) is 108 Å². The van der Waals surface area contributed by atoms with Gasteiger partial charge in [-0.15, -0.1) is 0 Å². The van der Waals surface area contributed by atoms with Crippen molar-refractivity contribution in [3.63, 3.8) is 0 Å². The van der Waals surface area contributed by atoms with Crippen LogP contribution in [0.4, 0.5) is 5.69 Å². The van der Waals surface area contributed by atoms with Crippen LogP contribution in [0.25, 0.3) is 0 Å². The Morgan fingerprint density at radius 2 is 1.44 bits per heavy atom. The number of dihydropyridines is 1. The predicted octanol–water partition coefficient (Wildman–Crippen LogP) is 6.16. The van der Waals surface area contributed by atoms with Crippen LogP contribution in [0.15, 0.2) is 65.0 Å². The molecule has 1 N–H and O–H groups in total. The Kier molecular flexibility index (Phi) is 6.61. The number of nitrogens with zero attached hydrogens (tertiary/aromatic N) is 1. The van der Waals surface area contributed by atoms with Crippen molar-refractivity contribution in [1.82, 2.24) is 5.32 Å². The molecule has 0 radical (unpaired) electrons. The number of carbonyl (C=O) groups is 2. The summed E-state index contributed by atoms with van der Waals surface area (Å²) in [6.45, 7) is 8.61. The van der Waals surface area contributed by atoms with Crippen LogP contribution in [-0.2, 0) is 16.2 Å². The fraction of sp³-hybridized carbons (Fsp3) is 0.419. The molecular weight excluding hydrogens is 496 g/mol. The van der Waals surface area contributed by atoms with Gasteiger partial charge < -0.3 is 14.8 Å². The molecule has 8 nitrogen and oxygen atoms in total. The van der Waals surface area contributed by atoms with Gasteiger partial charge in [-0.2, -0.15) is 0 Å². The first-order valence-corrected chi connectivity index (χ1v) is 13.2. The highest BCUT2D eigenvalue weighted by Gasteiger charge is 2.46. The Morgan fingerprint density at radius 1 is 0.872 bits per heavy atom. The van der Waals surface area contributed by atoms with Crippen LogP contribution < -0.4 is 14.8 Å². The molecule has 0 spiro atoms. The summed E-state index contributed by atoms with van der Waals surface area (Å²) in [5.41, 5.74) is 4.50. The third-order valence-electron chi connectivity index (χ3n) is 7.78. The summed E-state index contributed by atoms with van der Waals surface area (Å²) in [5, 5.41) is 14.5. The number of benzene rings is 2. The summed E-state index contributed by atoms with van der Waals surface area (Å²) >= 11 is 0. The zero-order chi connectivity index (χ0) is 28.1. The first-order chi connectivity index (χ1) is 18.4. The lowest BCUT2D eigenvalue weighted by Gasteiger charge is -2.44. The second kappa shape index (κ2) is 9.67. The van der Waals surface area contributed by atoms with Gasteiger partial charge in [-0.25, -0.2) is 0 Å². The van der Waals surface area contributed by atoms with Gasteiger partial charge in [0.2, 0.25) is 0 Å². The number of carbonyl (C=O) groups excluding carboxylic acids is 2. The Labute approximate surface area is 228 Å². The SMILES string of the molecule is COc1cc(C2C3=C(CC(C)(C)CC3=O)NC3=C2C(=O)CC(C)(C)C3)ccc1OCc1ccc([N+](=O)[O-])cc1. The number of nitro groups is 1. The molecule has 1 heterocycles. The van der Waals surface area contributed by atoms with Gasteiger partial charge in [0.25, 0.3) is 5.69 Å². The molecule has 5 rings (SSSR count). The number of allylic oxidation sites excluding steroid dienone is 4. The van der Waals surface area contributed by atoms with E-state index >= 15 is 0 Å². The molecule has 2 aliphatic carbocycles. The summed E-state index contributed by atoms with van der Waals surface area (Å²) in [4.78, 5) is 37.6. The zero-order valence-electron chi connectivity index (χ0n) is 23.1. The molecular formula is C31H34N2O6. The smallest absolute Gasteiger partial charge is 0.269 e. The van der Waals surface area contributed by atoms with Crippen LogP contribution in [0, 0.1) is 20.9 Å². The molecule has 2 aromatic carbocycles. The highest BCUT2D eigenvalue weighted by molar-refractivity contribution is 6.06. The third kappa shape index (κ3) is 5.20. The summed E-state index contributed by atoms with van der Waals surface area (Å²) in [6.07, 6.45) is 2.34. The number of hydrogen-bond donors (Lipinski definition) is 1. The summed E-state index contributed by atoms with van der Waals surface area (Å²) < 4.78 is 11.7. The molecule has 0 amide bonds. The van der Waals surface area contributed by atoms with E-state index in [0.717, 1.165) is 35.4 Å². The molecule has 0 fully saturated rings. The quantitative estimate of drug-likeness (QED) is 0.352. The molecule has 0 atom stereocenters. The lowest BCUT2D eigenvalue weighted by molar-refractivity contribution is -0.384. The van der Waals surface area contributed by atoms with E-state index < -0.39 is 10.8 Å². The van der Waals surface area contributed by atoms with Crippen LogP contribution in [0.1, 0.15) is 70.4 Å². The maximum absolute atomic E-state index is 13.6. The van der Waals surface area contributed by atoms with Crippen molar-refractivity contribution < 1.29 is 24.0 Å². The van der Waals surface area contributed by atoms with Crippen LogP contribution in [0.2, 0.25) is 0 Å². The molecule has 8 heteroatoms. The predicted molar refractivity (Wildman–Crippen MR) is 146 cm³/mol. The van der Waals surface area contributed by atoms with Crippen molar-refractivity contribution in [2.75, 3.05) is 7.11 Å². The zero-order valence-corrected chi connectivity index (χ0v) is 23.1. The Hall–Kier alpha value is -3.94. The standard InChI is InChI=1S/C31H34N2O6/c1-30(2)13-21-28(23(34)15-30)27(29-22(32-21)14-31(3,4)16-24(29)35)19-8-11-25(26(12-19)38-5)39-17-18-6-9-20(10-7-18)33(36)37/h6-12,27,32H,13-17H2,1-5H3. The van der Waals surface area contributed by atoms with E-state index in [4.69, 9.17) is 9.47 Å². The molecule has 0 bridgehead atoms. The summed E-state index contributed by atoms with van der Waals surface area (Å²) in [5.74, 6) is 0.676. The van der Waals surface area contributed by atoms with E-state index in [2.05, 4.69) is 33.0 Å². The van der Waals surface area contributed by atoms with Gasteiger partial charge in [-0.3, -0.25) is 19.7 Å². The molecule has 204 valence electrons. The molecule has 0 saturated heterocycles. The average Bonchev–Trinajstić information content (AvgIpc) is 2.84. The van der Waals surface area contributed by atoms with Gasteiger partial charge >= 0.3 is 0 Å². The normalized spacial score (nSPS) is 20.2. The van der Waals surface area contributed by atoms with E-state index in [9.17, 15) is 19.7 Å². The van der Waals surface area contributed by atoms with E-state index in [-0.39, 0.29) is 34.7 Å². The van der Waals surface area contributed by atoms with Gasteiger partial charge in [0.15, 0.2) is 23.1 Å². The maximum atomic E-state index is 13.6.